The molecule has 1 rings (SSSR count). The number of hydrogen-bond acceptors (Lipinski definition) is 1. The van der Waals surface area contributed by atoms with Crippen molar-refractivity contribution in [1.29, 1.82) is 0 Å². The van der Waals surface area contributed by atoms with Crippen molar-refractivity contribution >= 4 is 21.8 Å². The van der Waals surface area contributed by atoms with Crippen LogP contribution in [0.2, 0.25) is 0 Å². The quantitative estimate of drug-likeness (QED) is 0.832. The molecular formula is C12H14BrF2NO. The van der Waals surface area contributed by atoms with Crippen molar-refractivity contribution in [3.8, 4) is 0 Å². The van der Waals surface area contributed by atoms with E-state index < -0.39 is 23.1 Å². The van der Waals surface area contributed by atoms with Gasteiger partial charge in [0.25, 0.3) is 5.91 Å². The number of rotatable bonds is 4. The molecule has 17 heavy (non-hydrogen) atoms. The molecule has 0 aliphatic rings. The van der Waals surface area contributed by atoms with E-state index in [-0.39, 0.29) is 4.47 Å². The molecule has 0 fully saturated rings. The van der Waals surface area contributed by atoms with Crippen LogP contribution < -0.4 is 0 Å². The minimum absolute atomic E-state index is 0.280. The summed E-state index contributed by atoms with van der Waals surface area (Å²) in [5, 5.41) is 0. The molecule has 0 saturated carbocycles. The summed E-state index contributed by atoms with van der Waals surface area (Å²) < 4.78 is 27.4. The Morgan fingerprint density at radius 3 is 2.24 bits per heavy atom. The molecule has 1 aromatic rings. The summed E-state index contributed by atoms with van der Waals surface area (Å²) >= 11 is 2.98. The average molecular weight is 306 g/mol. The molecule has 5 heteroatoms. The van der Waals surface area contributed by atoms with Crippen molar-refractivity contribution in [1.82, 2.24) is 4.90 Å². The molecule has 0 aromatic heterocycles. The van der Waals surface area contributed by atoms with E-state index in [4.69, 9.17) is 0 Å². The van der Waals surface area contributed by atoms with Crippen LogP contribution in [0.3, 0.4) is 0 Å². The molecule has 1 aromatic carbocycles. The minimum Gasteiger partial charge on any atom is -0.339 e. The predicted octanol–water partition coefficient (Wildman–Crippen LogP) is 3.60. The van der Waals surface area contributed by atoms with E-state index in [1.807, 2.05) is 6.92 Å². The monoisotopic (exact) mass is 305 g/mol. The maximum atomic E-state index is 13.6. The fourth-order valence-corrected chi connectivity index (χ4v) is 1.98. The first-order valence-electron chi connectivity index (χ1n) is 5.45. The van der Waals surface area contributed by atoms with Gasteiger partial charge in [-0.1, -0.05) is 22.9 Å². The molecule has 0 aliphatic carbocycles. The van der Waals surface area contributed by atoms with E-state index in [0.717, 1.165) is 18.6 Å². The Morgan fingerprint density at radius 1 is 1.29 bits per heavy atom. The van der Waals surface area contributed by atoms with E-state index in [9.17, 15) is 13.6 Å². The van der Waals surface area contributed by atoms with Crippen molar-refractivity contribution < 1.29 is 13.6 Å². The summed E-state index contributed by atoms with van der Waals surface area (Å²) in [6, 6.07) is 2.19. The molecule has 1 amide bonds. The number of hydrogen-bond donors (Lipinski definition) is 0. The van der Waals surface area contributed by atoms with Gasteiger partial charge in [0, 0.05) is 17.6 Å². The van der Waals surface area contributed by atoms with Gasteiger partial charge in [-0.05, 0) is 25.5 Å². The molecule has 0 aliphatic heterocycles. The molecule has 0 spiro atoms. The van der Waals surface area contributed by atoms with Gasteiger partial charge in [0.05, 0.1) is 0 Å². The van der Waals surface area contributed by atoms with Gasteiger partial charge in [-0.25, -0.2) is 8.78 Å². The van der Waals surface area contributed by atoms with Crippen LogP contribution in [0.5, 0.6) is 0 Å². The van der Waals surface area contributed by atoms with Gasteiger partial charge >= 0.3 is 0 Å². The third-order valence-electron chi connectivity index (χ3n) is 2.38. The van der Waals surface area contributed by atoms with Crippen LogP contribution >= 0.6 is 15.9 Å². The van der Waals surface area contributed by atoms with Crippen LogP contribution in [0.1, 0.15) is 30.6 Å². The minimum atomic E-state index is -0.837. The summed E-state index contributed by atoms with van der Waals surface area (Å²) in [5.41, 5.74) is -0.483. The molecule has 0 N–H and O–H groups in total. The maximum Gasteiger partial charge on any atom is 0.259 e. The lowest BCUT2D eigenvalue weighted by Gasteiger charge is -2.20. The van der Waals surface area contributed by atoms with E-state index >= 15 is 0 Å². The Bertz CT molecular complexity index is 400. The maximum absolute atomic E-state index is 13.6. The number of nitrogens with zero attached hydrogens (tertiary/aromatic N) is 1. The lowest BCUT2D eigenvalue weighted by atomic mass is 10.1. The summed E-state index contributed by atoms with van der Waals surface area (Å²) in [7, 11) is 0. The highest BCUT2D eigenvalue weighted by atomic mass is 79.9. The molecule has 0 atom stereocenters. The normalized spacial score (nSPS) is 10.4. The van der Waals surface area contributed by atoms with Crippen LogP contribution in [-0.4, -0.2) is 23.9 Å². The summed E-state index contributed by atoms with van der Waals surface area (Å²) in [4.78, 5) is 13.4. The predicted molar refractivity (Wildman–Crippen MR) is 65.9 cm³/mol. The van der Waals surface area contributed by atoms with Crippen molar-refractivity contribution in [3.63, 3.8) is 0 Å². The van der Waals surface area contributed by atoms with E-state index in [0.29, 0.717) is 13.1 Å². The number of amides is 1. The van der Waals surface area contributed by atoms with Gasteiger partial charge in [-0.15, -0.1) is 0 Å². The highest BCUT2D eigenvalue weighted by Crippen LogP contribution is 2.20. The number of halogens is 3. The first kappa shape index (κ1) is 14.1. The molecular weight excluding hydrogens is 292 g/mol. The SMILES string of the molecule is CCCN(CC)C(=O)c1c(F)cc(Br)cc1F. The van der Waals surface area contributed by atoms with Gasteiger partial charge in [-0.2, -0.15) is 0 Å². The van der Waals surface area contributed by atoms with Crippen LogP contribution in [0, 0.1) is 11.6 Å². The summed E-state index contributed by atoms with van der Waals surface area (Å²) in [6.45, 7) is 4.61. The number of carbonyl (C=O) groups is 1. The van der Waals surface area contributed by atoms with Gasteiger partial charge in [0.15, 0.2) is 0 Å². The average Bonchev–Trinajstić information content (AvgIpc) is 2.24. The first-order valence-corrected chi connectivity index (χ1v) is 6.24. The van der Waals surface area contributed by atoms with E-state index in [1.165, 1.54) is 4.90 Å². The molecule has 0 heterocycles. The number of benzene rings is 1. The van der Waals surface area contributed by atoms with E-state index in [2.05, 4.69) is 15.9 Å². The van der Waals surface area contributed by atoms with Gasteiger partial charge in [0.2, 0.25) is 0 Å². The van der Waals surface area contributed by atoms with Crippen LogP contribution in [0.4, 0.5) is 8.78 Å². The van der Waals surface area contributed by atoms with E-state index in [1.54, 1.807) is 6.92 Å². The molecule has 0 unspecified atom stereocenters. The highest BCUT2D eigenvalue weighted by molar-refractivity contribution is 9.10. The highest BCUT2D eigenvalue weighted by Gasteiger charge is 2.22. The Morgan fingerprint density at radius 2 is 1.82 bits per heavy atom. The largest absolute Gasteiger partial charge is 0.339 e. The van der Waals surface area contributed by atoms with Crippen molar-refractivity contribution in [2.24, 2.45) is 0 Å². The fraction of sp³-hybridized carbons (Fsp3) is 0.417. The van der Waals surface area contributed by atoms with Crippen molar-refractivity contribution in [2.45, 2.75) is 20.3 Å². The van der Waals surface area contributed by atoms with Crippen LogP contribution in [-0.2, 0) is 0 Å². The standard InChI is InChI=1S/C12H14BrF2NO/c1-3-5-16(4-2)12(17)11-9(14)6-8(13)7-10(11)15/h6-7H,3-5H2,1-2H3. The molecule has 2 nitrogen and oxygen atoms in total. The molecule has 0 saturated heterocycles. The Balaban J connectivity index is 3.11. The van der Waals surface area contributed by atoms with Gasteiger partial charge in [-0.3, -0.25) is 4.79 Å². The molecule has 0 radical (unpaired) electrons. The topological polar surface area (TPSA) is 20.3 Å². The lowest BCUT2D eigenvalue weighted by Crippen LogP contribution is -2.32. The summed E-state index contributed by atoms with van der Waals surface area (Å²) in [5.74, 6) is -2.27. The Labute approximate surface area is 108 Å². The second-order valence-electron chi connectivity index (χ2n) is 3.63. The van der Waals surface area contributed by atoms with Crippen LogP contribution in [0.15, 0.2) is 16.6 Å². The third kappa shape index (κ3) is 3.25. The molecule has 0 bridgehead atoms. The molecule has 94 valence electrons. The first-order chi connectivity index (χ1) is 8.01. The third-order valence-corrected chi connectivity index (χ3v) is 2.84. The van der Waals surface area contributed by atoms with Crippen LogP contribution in [0.25, 0.3) is 0 Å². The van der Waals surface area contributed by atoms with Gasteiger partial charge < -0.3 is 4.90 Å². The summed E-state index contributed by atoms with van der Waals surface area (Å²) in [6.07, 6.45) is 0.749. The van der Waals surface area contributed by atoms with Crippen molar-refractivity contribution in [2.75, 3.05) is 13.1 Å². The zero-order chi connectivity index (χ0) is 13.0. The van der Waals surface area contributed by atoms with Crippen molar-refractivity contribution in [3.05, 3.63) is 33.8 Å². The second-order valence-corrected chi connectivity index (χ2v) is 4.54. The Kier molecular flexibility index (Phi) is 5.05. The zero-order valence-corrected chi connectivity index (χ0v) is 11.4. The fourth-order valence-electron chi connectivity index (χ4n) is 1.58. The second kappa shape index (κ2) is 6.10. The zero-order valence-electron chi connectivity index (χ0n) is 9.77. The number of carbonyl (C=O) groups excluding carboxylic acids is 1. The smallest absolute Gasteiger partial charge is 0.259 e. The lowest BCUT2D eigenvalue weighted by molar-refractivity contribution is 0.0754. The van der Waals surface area contributed by atoms with Gasteiger partial charge in [0.1, 0.15) is 17.2 Å². The Hall–Kier alpha value is -0.970.